The number of amides is 3. The molecular weight excluding hydrogens is 620 g/mol. The highest BCUT2D eigenvalue weighted by molar-refractivity contribution is 5.99. The maximum Gasteiger partial charge on any atom is 0.270 e. The zero-order valence-corrected chi connectivity index (χ0v) is 27.9. The fourth-order valence-corrected chi connectivity index (χ4v) is 7.12. The molecule has 1 aliphatic heterocycles. The van der Waals surface area contributed by atoms with Crippen LogP contribution in [-0.4, -0.2) is 90.7 Å². The van der Waals surface area contributed by atoms with Crippen LogP contribution >= 0.6 is 0 Å². The zero-order chi connectivity index (χ0) is 34.3. The Morgan fingerprint density at radius 2 is 1.56 bits per heavy atom. The van der Waals surface area contributed by atoms with Gasteiger partial charge in [0.2, 0.25) is 11.8 Å². The third-order valence-corrected chi connectivity index (χ3v) is 10.0. The molecule has 260 valence electrons. The summed E-state index contributed by atoms with van der Waals surface area (Å²) in [6, 6.07) is 13.6. The molecule has 0 radical (unpaired) electrons. The van der Waals surface area contributed by atoms with Crippen molar-refractivity contribution in [3.8, 4) is 0 Å². The number of benzene rings is 2. The molecule has 2 fully saturated rings. The van der Waals surface area contributed by atoms with Crippen LogP contribution < -0.4 is 11.1 Å². The lowest BCUT2D eigenvalue weighted by Gasteiger charge is -2.44. The molecule has 1 saturated heterocycles. The molecule has 2 aromatic carbocycles. The van der Waals surface area contributed by atoms with Crippen molar-refractivity contribution in [3.05, 3.63) is 71.4 Å². The van der Waals surface area contributed by atoms with Gasteiger partial charge in [-0.2, -0.15) is 0 Å². The van der Waals surface area contributed by atoms with E-state index in [0.717, 1.165) is 49.8 Å². The molecule has 2 heterocycles. The molecule has 12 heteroatoms. The van der Waals surface area contributed by atoms with E-state index in [0.29, 0.717) is 43.8 Å². The Labute approximate surface area is 280 Å². The average Bonchev–Trinajstić information content (AvgIpc) is 3.45. The van der Waals surface area contributed by atoms with Crippen LogP contribution in [0.25, 0.3) is 10.9 Å². The Morgan fingerprint density at radius 1 is 0.917 bits per heavy atom. The van der Waals surface area contributed by atoms with Crippen molar-refractivity contribution in [2.45, 2.75) is 57.7 Å². The van der Waals surface area contributed by atoms with Gasteiger partial charge in [-0.1, -0.05) is 49.6 Å². The largest absolute Gasteiger partial charge is 0.377 e. The molecule has 1 saturated carbocycles. The highest BCUT2D eigenvalue weighted by Crippen LogP contribution is 2.37. The molecule has 0 bridgehead atoms. The van der Waals surface area contributed by atoms with Gasteiger partial charge < -0.3 is 34.9 Å². The van der Waals surface area contributed by atoms with Gasteiger partial charge in [-0.05, 0) is 50.4 Å². The summed E-state index contributed by atoms with van der Waals surface area (Å²) in [5.41, 5.74) is 6.38. The molecule has 3 N–H and O–H groups in total. The van der Waals surface area contributed by atoms with E-state index in [4.69, 9.17) is 15.2 Å². The van der Waals surface area contributed by atoms with Crippen LogP contribution in [0.4, 0.5) is 8.78 Å². The van der Waals surface area contributed by atoms with Crippen LogP contribution in [0.5, 0.6) is 0 Å². The predicted octanol–water partition coefficient (Wildman–Crippen LogP) is 4.10. The SMILES string of the molecule is CNC(C)(C(N)=O)[C@@H](C(=O)N1CCN(C(=O)c2cc3cc(F)c(F)cc3n2CCOCCOCc2ccccc2)CC1)C1CCCCC1. The number of fused-ring (bicyclic) bond motifs is 1. The third-order valence-electron chi connectivity index (χ3n) is 10.0. The number of piperazine rings is 1. The smallest absolute Gasteiger partial charge is 0.270 e. The van der Waals surface area contributed by atoms with E-state index in [1.807, 2.05) is 30.3 Å². The minimum atomic E-state index is -1.20. The van der Waals surface area contributed by atoms with Crippen molar-refractivity contribution in [3.63, 3.8) is 0 Å². The number of primary amides is 1. The second-order valence-electron chi connectivity index (χ2n) is 13.0. The minimum absolute atomic E-state index is 0.0324. The monoisotopic (exact) mass is 667 g/mol. The summed E-state index contributed by atoms with van der Waals surface area (Å²) in [6.07, 6.45) is 4.83. The molecule has 1 aliphatic carbocycles. The normalized spacial score (nSPS) is 17.8. The second kappa shape index (κ2) is 16.0. The highest BCUT2D eigenvalue weighted by atomic mass is 19.2. The maximum absolute atomic E-state index is 14.3. The molecule has 1 unspecified atom stereocenters. The van der Waals surface area contributed by atoms with E-state index in [9.17, 15) is 23.2 Å². The van der Waals surface area contributed by atoms with E-state index >= 15 is 0 Å². The lowest BCUT2D eigenvalue weighted by molar-refractivity contribution is -0.147. The van der Waals surface area contributed by atoms with Crippen molar-refractivity contribution in [1.82, 2.24) is 19.7 Å². The van der Waals surface area contributed by atoms with Crippen molar-refractivity contribution in [2.75, 3.05) is 53.0 Å². The number of likely N-dealkylation sites (N-methyl/N-ethyl adjacent to an activating group) is 1. The molecule has 3 amide bonds. The number of nitrogens with two attached hydrogens (primary N) is 1. The molecule has 0 spiro atoms. The van der Waals surface area contributed by atoms with Crippen LogP contribution in [0.1, 0.15) is 55.1 Å². The van der Waals surface area contributed by atoms with Gasteiger partial charge in [-0.25, -0.2) is 8.78 Å². The van der Waals surface area contributed by atoms with Crippen LogP contribution in [0.2, 0.25) is 0 Å². The van der Waals surface area contributed by atoms with Crippen LogP contribution in [0, 0.1) is 23.5 Å². The summed E-state index contributed by atoms with van der Waals surface area (Å²) < 4.78 is 41.6. The Balaban J connectivity index is 1.24. The van der Waals surface area contributed by atoms with Gasteiger partial charge in [0.15, 0.2) is 11.6 Å². The fraction of sp³-hybridized carbons (Fsp3) is 0.528. The Hall–Kier alpha value is -3.87. The fourth-order valence-electron chi connectivity index (χ4n) is 7.12. The van der Waals surface area contributed by atoms with Gasteiger partial charge >= 0.3 is 0 Å². The number of rotatable bonds is 14. The molecular formula is C36H47F2N5O5. The Bertz CT molecular complexity index is 1570. The lowest BCUT2D eigenvalue weighted by atomic mass is 9.69. The lowest BCUT2D eigenvalue weighted by Crippen LogP contribution is -2.64. The minimum Gasteiger partial charge on any atom is -0.377 e. The number of ether oxygens (including phenoxy) is 2. The van der Waals surface area contributed by atoms with Gasteiger partial charge in [-0.15, -0.1) is 0 Å². The third kappa shape index (κ3) is 7.88. The summed E-state index contributed by atoms with van der Waals surface area (Å²) in [6.45, 7) is 4.49. The van der Waals surface area contributed by atoms with Gasteiger partial charge in [0.25, 0.3) is 5.91 Å². The number of aromatic nitrogens is 1. The molecule has 3 aromatic rings. The second-order valence-corrected chi connectivity index (χ2v) is 13.0. The molecule has 2 atom stereocenters. The number of carbonyl (C=O) groups excluding carboxylic acids is 3. The predicted molar refractivity (Wildman–Crippen MR) is 178 cm³/mol. The first-order chi connectivity index (χ1) is 23.1. The first-order valence-corrected chi connectivity index (χ1v) is 16.9. The van der Waals surface area contributed by atoms with E-state index in [-0.39, 0.29) is 49.7 Å². The summed E-state index contributed by atoms with van der Waals surface area (Å²) in [4.78, 5) is 44.0. The summed E-state index contributed by atoms with van der Waals surface area (Å²) in [7, 11) is 1.66. The topological polar surface area (TPSA) is 119 Å². The summed E-state index contributed by atoms with van der Waals surface area (Å²) in [5, 5.41) is 3.46. The molecule has 2 aliphatic rings. The van der Waals surface area contributed by atoms with E-state index < -0.39 is 29.0 Å². The number of nitrogens with zero attached hydrogens (tertiary/aromatic N) is 3. The maximum atomic E-state index is 14.3. The van der Waals surface area contributed by atoms with Gasteiger partial charge in [-0.3, -0.25) is 14.4 Å². The Kier molecular flexibility index (Phi) is 11.8. The van der Waals surface area contributed by atoms with Crippen LogP contribution in [0.15, 0.2) is 48.5 Å². The quantitative estimate of drug-likeness (QED) is 0.250. The first kappa shape index (κ1) is 35.4. The van der Waals surface area contributed by atoms with Crippen LogP contribution in [-0.2, 0) is 32.2 Å². The number of carbonyl (C=O) groups is 3. The van der Waals surface area contributed by atoms with Crippen molar-refractivity contribution >= 4 is 28.6 Å². The average molecular weight is 668 g/mol. The summed E-state index contributed by atoms with van der Waals surface area (Å²) in [5.74, 6) is -3.56. The number of halogens is 2. The molecule has 10 nitrogen and oxygen atoms in total. The van der Waals surface area contributed by atoms with E-state index in [2.05, 4.69) is 5.32 Å². The van der Waals surface area contributed by atoms with Gasteiger partial charge in [0.1, 0.15) is 11.2 Å². The van der Waals surface area contributed by atoms with Crippen LogP contribution in [0.3, 0.4) is 0 Å². The van der Waals surface area contributed by atoms with Crippen molar-refractivity contribution < 1.29 is 32.6 Å². The molecule has 48 heavy (non-hydrogen) atoms. The number of hydrogen-bond donors (Lipinski definition) is 2. The van der Waals surface area contributed by atoms with Gasteiger partial charge in [0.05, 0.1) is 37.9 Å². The Morgan fingerprint density at radius 3 is 2.23 bits per heavy atom. The number of nitrogens with one attached hydrogen (secondary N) is 1. The molecule has 5 rings (SSSR count). The standard InChI is InChI=1S/C36H47F2N5O5/c1-36(40-2,35(39)46)32(26-11-7-4-8-12-26)34(45)42-15-13-41(14-16-42)33(44)31-22-27-21-28(37)29(38)23-30(27)43(31)17-18-47-19-20-48-24-25-9-5-3-6-10-25/h3,5-6,9-10,21-23,26,32,40H,4,7-8,11-20,24H2,1-2H3,(H2,39,46)/t32-,36?/m1/s1. The van der Waals surface area contributed by atoms with Gasteiger partial charge in [0, 0.05) is 44.2 Å². The van der Waals surface area contributed by atoms with E-state index in [1.165, 1.54) is 0 Å². The number of hydrogen-bond acceptors (Lipinski definition) is 6. The zero-order valence-electron chi connectivity index (χ0n) is 27.9. The first-order valence-electron chi connectivity index (χ1n) is 16.9. The van der Waals surface area contributed by atoms with Crippen molar-refractivity contribution in [2.24, 2.45) is 17.6 Å². The summed E-state index contributed by atoms with van der Waals surface area (Å²) >= 11 is 0. The highest BCUT2D eigenvalue weighted by Gasteiger charge is 2.49. The van der Waals surface area contributed by atoms with E-state index in [1.54, 1.807) is 34.4 Å². The molecule has 1 aromatic heterocycles. The van der Waals surface area contributed by atoms with Crippen molar-refractivity contribution in [1.29, 1.82) is 0 Å².